The van der Waals surface area contributed by atoms with Crippen molar-refractivity contribution >= 4 is 17.5 Å². The number of nitro groups is 1. The Morgan fingerprint density at radius 2 is 1.81 bits per heavy atom. The Labute approximate surface area is 156 Å². The first-order valence-electron chi connectivity index (χ1n) is 8.46. The van der Waals surface area contributed by atoms with E-state index < -0.39 is 10.9 Å². The third-order valence-electron chi connectivity index (χ3n) is 4.66. The van der Waals surface area contributed by atoms with Gasteiger partial charge in [0, 0.05) is 30.8 Å². The second-order valence-electron chi connectivity index (χ2n) is 6.30. The largest absolute Gasteiger partial charge is 0.710 e. The van der Waals surface area contributed by atoms with Crippen LogP contribution in [0.1, 0.15) is 10.4 Å². The van der Waals surface area contributed by atoms with Gasteiger partial charge in [-0.05, 0) is 19.2 Å². The van der Waals surface area contributed by atoms with Gasteiger partial charge in [-0.15, -0.1) is 0 Å². The van der Waals surface area contributed by atoms with Gasteiger partial charge in [-0.25, -0.2) is 9.52 Å². The zero-order valence-corrected chi connectivity index (χ0v) is 15.1. The molecule has 1 fully saturated rings. The zero-order chi connectivity index (χ0) is 19.6. The van der Waals surface area contributed by atoms with Crippen LogP contribution in [0.3, 0.4) is 0 Å². The first kappa shape index (κ1) is 18.6. The van der Waals surface area contributed by atoms with Crippen LogP contribution in [0.25, 0.3) is 11.3 Å². The van der Waals surface area contributed by atoms with E-state index in [-0.39, 0.29) is 22.5 Å². The van der Waals surface area contributed by atoms with Crippen molar-refractivity contribution in [3.8, 4) is 11.3 Å². The number of piperazine rings is 1. The molecule has 1 aromatic heterocycles. The average molecular weight is 372 g/mol. The summed E-state index contributed by atoms with van der Waals surface area (Å²) in [5, 5.41) is 24.7. The molecule has 0 bridgehead atoms. The Kier molecular flexibility index (Phi) is 5.22. The van der Waals surface area contributed by atoms with Gasteiger partial charge in [0.05, 0.1) is 30.7 Å². The van der Waals surface area contributed by atoms with Crippen molar-refractivity contribution in [2.24, 2.45) is 0 Å². The van der Waals surface area contributed by atoms with Crippen molar-refractivity contribution in [3.63, 3.8) is 0 Å². The molecule has 0 atom stereocenters. The number of methoxy groups -OCH3 is 1. The third-order valence-corrected chi connectivity index (χ3v) is 4.66. The summed E-state index contributed by atoms with van der Waals surface area (Å²) in [6, 6.07) is 8.99. The molecule has 3 rings (SSSR count). The highest BCUT2D eigenvalue weighted by atomic mass is 16.6. The van der Waals surface area contributed by atoms with Crippen LogP contribution in [-0.2, 0) is 4.74 Å². The van der Waals surface area contributed by atoms with E-state index in [0.29, 0.717) is 23.6 Å². The number of hydrogen-bond acceptors (Lipinski definition) is 7. The lowest BCUT2D eigenvalue weighted by molar-refractivity contribution is -0.584. The number of rotatable bonds is 4. The predicted molar refractivity (Wildman–Crippen MR) is 98.5 cm³/mol. The Bertz CT molecular complexity index is 878. The van der Waals surface area contributed by atoms with E-state index in [1.165, 1.54) is 31.4 Å². The number of ether oxygens (including phenoxy) is 1. The minimum Gasteiger partial charge on any atom is -0.710 e. The van der Waals surface area contributed by atoms with Gasteiger partial charge in [0.2, 0.25) is 5.69 Å². The van der Waals surface area contributed by atoms with Crippen LogP contribution in [0.2, 0.25) is 0 Å². The van der Waals surface area contributed by atoms with Gasteiger partial charge < -0.3 is 9.94 Å². The standard InChI is InChI=1S/C18H20N4O5/c1-19-9-11-20(12-10-19)16-8-7-15(22(25)26)17(21(16)24)13-5-3-4-6-14(13)18(23)27-2/h3-8H,9-12H2,1-2H3. The summed E-state index contributed by atoms with van der Waals surface area (Å²) in [4.78, 5) is 27.1. The van der Waals surface area contributed by atoms with Crippen molar-refractivity contribution in [1.29, 1.82) is 0 Å². The highest BCUT2D eigenvalue weighted by Crippen LogP contribution is 2.31. The molecule has 142 valence electrons. The first-order valence-corrected chi connectivity index (χ1v) is 8.46. The highest BCUT2D eigenvalue weighted by Gasteiger charge is 2.31. The van der Waals surface area contributed by atoms with Crippen molar-refractivity contribution in [3.05, 3.63) is 57.3 Å². The van der Waals surface area contributed by atoms with E-state index in [9.17, 15) is 20.1 Å². The van der Waals surface area contributed by atoms with Gasteiger partial charge in [0.1, 0.15) is 0 Å². The number of carbonyl (C=O) groups is 1. The van der Waals surface area contributed by atoms with Crippen LogP contribution in [0.5, 0.6) is 0 Å². The molecule has 0 aliphatic carbocycles. The van der Waals surface area contributed by atoms with Gasteiger partial charge >= 0.3 is 11.7 Å². The second-order valence-corrected chi connectivity index (χ2v) is 6.30. The smallest absolute Gasteiger partial charge is 0.338 e. The maximum absolute atomic E-state index is 13.1. The van der Waals surface area contributed by atoms with Gasteiger partial charge in [0.15, 0.2) is 0 Å². The number of esters is 1. The number of anilines is 1. The Morgan fingerprint density at radius 3 is 2.44 bits per heavy atom. The van der Waals surface area contributed by atoms with Gasteiger partial charge in [0.25, 0.3) is 5.82 Å². The van der Waals surface area contributed by atoms with E-state index in [2.05, 4.69) is 4.90 Å². The molecule has 27 heavy (non-hydrogen) atoms. The first-order chi connectivity index (χ1) is 12.9. The number of carbonyl (C=O) groups excluding carboxylic acids is 1. The number of aromatic nitrogens is 1. The molecule has 0 radical (unpaired) electrons. The number of pyridine rings is 1. The van der Waals surface area contributed by atoms with E-state index >= 15 is 0 Å². The van der Waals surface area contributed by atoms with Crippen LogP contribution in [0.15, 0.2) is 36.4 Å². The SMILES string of the molecule is COC(=O)c1ccccc1-c1c([N+](=O)[O-])ccc(N2CCN(C)CC2)[n+]1[O-]. The van der Waals surface area contributed by atoms with E-state index in [1.807, 2.05) is 11.9 Å². The fourth-order valence-corrected chi connectivity index (χ4v) is 3.16. The molecule has 1 aromatic carbocycles. The lowest BCUT2D eigenvalue weighted by Gasteiger charge is -2.30. The summed E-state index contributed by atoms with van der Waals surface area (Å²) in [5.74, 6) is -0.340. The molecule has 2 heterocycles. The number of likely N-dealkylation sites (N-methyl/N-ethyl adjacent to an activating group) is 1. The number of nitrogens with zero attached hydrogens (tertiary/aromatic N) is 4. The Balaban J connectivity index is 2.18. The molecule has 0 unspecified atom stereocenters. The van der Waals surface area contributed by atoms with E-state index in [4.69, 9.17) is 4.74 Å². The average Bonchev–Trinajstić information content (AvgIpc) is 2.68. The summed E-state index contributed by atoms with van der Waals surface area (Å²) in [5.41, 5.74) is -0.262. The summed E-state index contributed by atoms with van der Waals surface area (Å²) in [7, 11) is 3.22. The monoisotopic (exact) mass is 372 g/mol. The van der Waals surface area contributed by atoms with Crippen LogP contribution < -0.4 is 9.63 Å². The molecule has 9 heteroatoms. The quantitative estimate of drug-likeness (QED) is 0.263. The third kappa shape index (κ3) is 3.54. The molecule has 0 N–H and O–H groups in total. The van der Waals surface area contributed by atoms with Crippen molar-refractivity contribution in [2.75, 3.05) is 45.2 Å². The fraction of sp³-hybridized carbons (Fsp3) is 0.333. The van der Waals surface area contributed by atoms with Crippen molar-refractivity contribution < 1.29 is 19.2 Å². The van der Waals surface area contributed by atoms with Crippen LogP contribution >= 0.6 is 0 Å². The summed E-state index contributed by atoms with van der Waals surface area (Å²) in [6.07, 6.45) is 0. The zero-order valence-electron chi connectivity index (χ0n) is 15.1. The maximum Gasteiger partial charge on any atom is 0.338 e. The normalized spacial score (nSPS) is 14.8. The fourth-order valence-electron chi connectivity index (χ4n) is 3.16. The molecule has 2 aromatic rings. The van der Waals surface area contributed by atoms with Crippen molar-refractivity contribution in [1.82, 2.24) is 4.90 Å². The van der Waals surface area contributed by atoms with Crippen LogP contribution in [0, 0.1) is 15.3 Å². The molecular formula is C18H20N4O5. The number of hydrogen-bond donors (Lipinski definition) is 0. The van der Waals surface area contributed by atoms with Gasteiger partial charge in [-0.1, -0.05) is 12.1 Å². The second kappa shape index (κ2) is 7.58. The number of benzene rings is 1. The van der Waals surface area contributed by atoms with Crippen LogP contribution in [0.4, 0.5) is 11.5 Å². The summed E-state index contributed by atoms with van der Waals surface area (Å²) in [6.45, 7) is 2.83. The lowest BCUT2D eigenvalue weighted by Crippen LogP contribution is -2.49. The predicted octanol–water partition coefficient (Wildman–Crippen LogP) is 1.43. The molecule has 1 aliphatic heterocycles. The van der Waals surface area contributed by atoms with E-state index in [1.54, 1.807) is 12.1 Å². The topological polar surface area (TPSA) is 103 Å². The summed E-state index contributed by atoms with van der Waals surface area (Å²) < 4.78 is 5.31. The molecule has 0 spiro atoms. The molecule has 1 aliphatic rings. The highest BCUT2D eigenvalue weighted by molar-refractivity contribution is 5.97. The molecule has 0 amide bonds. The minimum atomic E-state index is -0.662. The van der Waals surface area contributed by atoms with Crippen molar-refractivity contribution in [2.45, 2.75) is 0 Å². The minimum absolute atomic E-state index is 0.100. The summed E-state index contributed by atoms with van der Waals surface area (Å²) >= 11 is 0. The maximum atomic E-state index is 13.1. The molecular weight excluding hydrogens is 352 g/mol. The van der Waals surface area contributed by atoms with Crippen LogP contribution in [-0.4, -0.2) is 56.1 Å². The lowest BCUT2D eigenvalue weighted by atomic mass is 10.0. The molecule has 0 saturated carbocycles. The Morgan fingerprint density at radius 1 is 1.15 bits per heavy atom. The molecule has 9 nitrogen and oxygen atoms in total. The Hall–Kier alpha value is -3.20. The van der Waals surface area contributed by atoms with Gasteiger partial charge in [-0.2, -0.15) is 0 Å². The molecule has 1 saturated heterocycles. The van der Waals surface area contributed by atoms with E-state index in [0.717, 1.165) is 13.1 Å². The van der Waals surface area contributed by atoms with Gasteiger partial charge in [-0.3, -0.25) is 19.9 Å².